The molecule has 0 bridgehead atoms. The fraction of sp³-hybridized carbons (Fsp3) is 0.276. The molecule has 0 atom stereocenters. The van der Waals surface area contributed by atoms with Gasteiger partial charge in [0.25, 0.3) is 11.8 Å². The molecule has 8 nitrogen and oxygen atoms in total. The minimum Gasteiger partial charge on any atom is -0.379 e. The number of ether oxygens (including phenoxy) is 1. The Kier molecular flexibility index (Phi) is 7.85. The first-order chi connectivity index (χ1) is 19.2. The first kappa shape index (κ1) is 27.4. The Hall–Kier alpha value is -4.22. The highest BCUT2D eigenvalue weighted by molar-refractivity contribution is 6.06. The predicted molar refractivity (Wildman–Crippen MR) is 145 cm³/mol. The molecule has 4 aromatic rings. The van der Waals surface area contributed by atoms with E-state index in [9.17, 15) is 22.8 Å². The van der Waals surface area contributed by atoms with Crippen LogP contribution in [-0.2, 0) is 10.9 Å². The monoisotopic (exact) mass is 551 g/mol. The average Bonchev–Trinajstić information content (AvgIpc) is 3.38. The smallest absolute Gasteiger partial charge is 0.379 e. The summed E-state index contributed by atoms with van der Waals surface area (Å²) >= 11 is 0. The lowest BCUT2D eigenvalue weighted by atomic mass is 9.98. The number of alkyl halides is 3. The lowest BCUT2D eigenvalue weighted by molar-refractivity contribution is -0.137. The van der Waals surface area contributed by atoms with E-state index >= 15 is 0 Å². The Labute approximate surface area is 228 Å². The molecular weight excluding hydrogens is 523 g/mol. The number of aromatic amines is 1. The number of carbonyl (C=O) groups is 2. The van der Waals surface area contributed by atoms with E-state index < -0.39 is 17.6 Å². The molecule has 0 saturated carbocycles. The molecule has 1 aromatic heterocycles. The standard InChI is InChI=1S/C29H28F3N5O3/c1-18-5-7-22(34-27(38)20-3-2-4-21(15-20)29(30,31)32)17-24(18)19-6-8-23-25(16-19)35-36-26(23)28(39)33-9-10-37-11-13-40-14-12-37/h2-8,15-17H,9-14H2,1H3,(H,33,39)(H,34,38)(H,35,36). The van der Waals surface area contributed by atoms with Crippen LogP contribution in [0.4, 0.5) is 18.9 Å². The van der Waals surface area contributed by atoms with Gasteiger partial charge in [-0.2, -0.15) is 18.3 Å². The highest BCUT2D eigenvalue weighted by Gasteiger charge is 2.31. The zero-order valence-electron chi connectivity index (χ0n) is 21.8. The van der Waals surface area contributed by atoms with Crippen LogP contribution >= 0.6 is 0 Å². The van der Waals surface area contributed by atoms with Crippen LogP contribution in [0.2, 0.25) is 0 Å². The SMILES string of the molecule is Cc1ccc(NC(=O)c2cccc(C(F)(F)F)c2)cc1-c1ccc2c(C(=O)NCCN3CCOCC3)n[nH]c2c1. The fourth-order valence-electron chi connectivity index (χ4n) is 4.65. The Balaban J connectivity index is 1.30. The van der Waals surface area contributed by atoms with Crippen molar-refractivity contribution in [2.45, 2.75) is 13.1 Å². The lowest BCUT2D eigenvalue weighted by Gasteiger charge is -2.26. The summed E-state index contributed by atoms with van der Waals surface area (Å²) in [6.07, 6.45) is -4.54. The highest BCUT2D eigenvalue weighted by Crippen LogP contribution is 2.31. The number of nitrogens with one attached hydrogen (secondary N) is 3. The van der Waals surface area contributed by atoms with Crippen molar-refractivity contribution in [1.82, 2.24) is 20.4 Å². The highest BCUT2D eigenvalue weighted by atomic mass is 19.4. The van der Waals surface area contributed by atoms with E-state index in [1.165, 1.54) is 12.1 Å². The number of anilines is 1. The zero-order chi connectivity index (χ0) is 28.3. The predicted octanol–water partition coefficient (Wildman–Crippen LogP) is 4.87. The summed E-state index contributed by atoms with van der Waals surface area (Å²) in [6.45, 7) is 6.25. The van der Waals surface area contributed by atoms with Gasteiger partial charge in [0.15, 0.2) is 5.69 Å². The van der Waals surface area contributed by atoms with Crippen LogP contribution in [0.1, 0.15) is 32.0 Å². The number of carbonyl (C=O) groups excluding carboxylic acids is 2. The number of aromatic nitrogens is 2. The van der Waals surface area contributed by atoms with Gasteiger partial charge in [-0.3, -0.25) is 19.6 Å². The van der Waals surface area contributed by atoms with Crippen molar-refractivity contribution >= 4 is 28.4 Å². The molecule has 1 aliphatic heterocycles. The van der Waals surface area contributed by atoms with E-state index in [4.69, 9.17) is 4.74 Å². The number of benzene rings is 3. The van der Waals surface area contributed by atoms with Gasteiger partial charge in [0.1, 0.15) is 0 Å². The first-order valence-electron chi connectivity index (χ1n) is 12.8. The molecular formula is C29H28F3N5O3. The van der Waals surface area contributed by atoms with E-state index in [1.807, 2.05) is 31.2 Å². The van der Waals surface area contributed by atoms with Gasteiger partial charge in [-0.1, -0.05) is 18.2 Å². The number of hydrogen-bond donors (Lipinski definition) is 3. The quantitative estimate of drug-likeness (QED) is 0.304. The average molecular weight is 552 g/mol. The number of hydrogen-bond acceptors (Lipinski definition) is 5. The summed E-state index contributed by atoms with van der Waals surface area (Å²) in [5.41, 5.74) is 3.01. The number of halogens is 3. The number of amides is 2. The molecule has 0 radical (unpaired) electrons. The van der Waals surface area contributed by atoms with Gasteiger partial charge in [0.2, 0.25) is 0 Å². The summed E-state index contributed by atoms with van der Waals surface area (Å²) in [7, 11) is 0. The number of morpholine rings is 1. The molecule has 3 aromatic carbocycles. The number of rotatable bonds is 7. The largest absolute Gasteiger partial charge is 0.416 e. The van der Waals surface area contributed by atoms with Crippen molar-refractivity contribution in [3.63, 3.8) is 0 Å². The Morgan fingerprint density at radius 3 is 2.60 bits per heavy atom. The van der Waals surface area contributed by atoms with Gasteiger partial charge in [0, 0.05) is 42.8 Å². The van der Waals surface area contributed by atoms with Gasteiger partial charge >= 0.3 is 6.18 Å². The van der Waals surface area contributed by atoms with Gasteiger partial charge in [-0.05, 0) is 66.1 Å². The van der Waals surface area contributed by atoms with Crippen molar-refractivity contribution in [3.05, 3.63) is 83.0 Å². The van der Waals surface area contributed by atoms with Crippen LogP contribution in [0.25, 0.3) is 22.0 Å². The molecule has 0 unspecified atom stereocenters. The summed E-state index contributed by atoms with van der Waals surface area (Å²) in [4.78, 5) is 27.7. The van der Waals surface area contributed by atoms with Crippen LogP contribution in [0.3, 0.4) is 0 Å². The zero-order valence-corrected chi connectivity index (χ0v) is 21.8. The summed E-state index contributed by atoms with van der Waals surface area (Å²) in [5, 5.41) is 13.4. The van der Waals surface area contributed by atoms with E-state index in [-0.39, 0.29) is 11.5 Å². The van der Waals surface area contributed by atoms with E-state index in [2.05, 4.69) is 25.7 Å². The second kappa shape index (κ2) is 11.5. The maximum Gasteiger partial charge on any atom is 0.416 e. The molecule has 208 valence electrons. The first-order valence-corrected chi connectivity index (χ1v) is 12.8. The molecule has 11 heteroatoms. The fourth-order valence-corrected chi connectivity index (χ4v) is 4.65. The van der Waals surface area contributed by atoms with Gasteiger partial charge in [-0.15, -0.1) is 0 Å². The molecule has 0 aliphatic carbocycles. The van der Waals surface area contributed by atoms with Crippen molar-refractivity contribution < 1.29 is 27.5 Å². The lowest BCUT2D eigenvalue weighted by Crippen LogP contribution is -2.41. The summed E-state index contributed by atoms with van der Waals surface area (Å²) in [6, 6.07) is 15.1. The third-order valence-electron chi connectivity index (χ3n) is 6.85. The third kappa shape index (κ3) is 6.16. The van der Waals surface area contributed by atoms with E-state index in [0.29, 0.717) is 42.0 Å². The topological polar surface area (TPSA) is 99.3 Å². The van der Waals surface area contributed by atoms with Crippen LogP contribution in [0.5, 0.6) is 0 Å². The second-order valence-corrected chi connectivity index (χ2v) is 9.60. The number of H-pyrrole nitrogens is 1. The molecule has 2 amide bonds. The van der Waals surface area contributed by atoms with Gasteiger partial charge < -0.3 is 15.4 Å². The number of aryl methyl sites for hydroxylation is 1. The van der Waals surface area contributed by atoms with Crippen LogP contribution in [-0.4, -0.2) is 66.3 Å². The molecule has 2 heterocycles. The van der Waals surface area contributed by atoms with Crippen molar-refractivity contribution in [2.75, 3.05) is 44.7 Å². The number of fused-ring (bicyclic) bond motifs is 1. The van der Waals surface area contributed by atoms with Crippen molar-refractivity contribution in [1.29, 1.82) is 0 Å². The Bertz CT molecular complexity index is 1540. The normalized spacial score (nSPS) is 14.3. The van der Waals surface area contributed by atoms with Crippen molar-refractivity contribution in [2.24, 2.45) is 0 Å². The molecule has 1 saturated heterocycles. The number of nitrogens with zero attached hydrogens (tertiary/aromatic N) is 2. The Morgan fingerprint density at radius 1 is 1.02 bits per heavy atom. The van der Waals surface area contributed by atoms with E-state index in [0.717, 1.165) is 48.5 Å². The van der Waals surface area contributed by atoms with Crippen LogP contribution in [0.15, 0.2) is 60.7 Å². The van der Waals surface area contributed by atoms with Crippen LogP contribution in [0, 0.1) is 6.92 Å². The molecule has 3 N–H and O–H groups in total. The second-order valence-electron chi connectivity index (χ2n) is 9.60. The molecule has 1 fully saturated rings. The maximum atomic E-state index is 13.1. The minimum absolute atomic E-state index is 0.0911. The molecule has 0 spiro atoms. The van der Waals surface area contributed by atoms with Crippen LogP contribution < -0.4 is 10.6 Å². The maximum absolute atomic E-state index is 13.1. The molecule has 1 aliphatic rings. The summed E-state index contributed by atoms with van der Waals surface area (Å²) < 4.78 is 44.5. The third-order valence-corrected chi connectivity index (χ3v) is 6.85. The van der Waals surface area contributed by atoms with Crippen molar-refractivity contribution in [3.8, 4) is 11.1 Å². The molecule has 5 rings (SSSR count). The summed E-state index contributed by atoms with van der Waals surface area (Å²) in [5.74, 6) is -0.906. The van der Waals surface area contributed by atoms with E-state index in [1.54, 1.807) is 12.1 Å². The van der Waals surface area contributed by atoms with Gasteiger partial charge in [-0.25, -0.2) is 0 Å². The minimum atomic E-state index is -4.54. The van der Waals surface area contributed by atoms with Gasteiger partial charge in [0.05, 0.1) is 24.3 Å². The molecule has 40 heavy (non-hydrogen) atoms. The Morgan fingerprint density at radius 2 is 1.82 bits per heavy atom.